The number of carbonyl (C=O) groups is 3. The van der Waals surface area contributed by atoms with Crippen LogP contribution in [-0.4, -0.2) is 39.4 Å². The second kappa shape index (κ2) is 6.83. The molecule has 1 aliphatic heterocycles. The first-order valence-corrected chi connectivity index (χ1v) is 8.06. The first kappa shape index (κ1) is 17.4. The standard InChI is InChI=1S/C18H17N3O5/c1-11(22)21(20-10-2-3-16(20)23)13-6-4-12(5-7-13)15-9-8-14(18(25)26)17(24)19-15/h4-9H,2-3,10H2,1H3,(H,19,24)(H,25,26). The number of nitrogens with zero attached hydrogens (tertiary/aromatic N) is 2. The summed E-state index contributed by atoms with van der Waals surface area (Å²) >= 11 is 0. The molecule has 1 aromatic heterocycles. The first-order valence-electron chi connectivity index (χ1n) is 8.06. The molecule has 0 radical (unpaired) electrons. The fraction of sp³-hybridized carbons (Fsp3) is 0.222. The van der Waals surface area contributed by atoms with Crippen molar-refractivity contribution in [3.63, 3.8) is 0 Å². The molecule has 2 heterocycles. The maximum atomic E-state index is 12.0. The van der Waals surface area contributed by atoms with Gasteiger partial charge in [-0.2, -0.15) is 0 Å². The number of aromatic carboxylic acids is 1. The number of anilines is 1. The van der Waals surface area contributed by atoms with Crippen molar-refractivity contribution in [3.8, 4) is 11.3 Å². The van der Waals surface area contributed by atoms with Crippen LogP contribution in [0.5, 0.6) is 0 Å². The summed E-state index contributed by atoms with van der Waals surface area (Å²) in [5.41, 5.74) is 0.631. The smallest absolute Gasteiger partial charge is 0.341 e. The number of nitrogens with one attached hydrogen (secondary N) is 1. The Morgan fingerprint density at radius 1 is 1.12 bits per heavy atom. The van der Waals surface area contributed by atoms with Gasteiger partial charge in [0, 0.05) is 25.6 Å². The minimum absolute atomic E-state index is 0.0992. The van der Waals surface area contributed by atoms with Gasteiger partial charge in [0.1, 0.15) is 5.56 Å². The molecule has 0 spiro atoms. The first-order chi connectivity index (χ1) is 12.4. The molecule has 0 saturated carbocycles. The number of rotatable bonds is 4. The van der Waals surface area contributed by atoms with Gasteiger partial charge in [-0.25, -0.2) is 14.8 Å². The molecule has 26 heavy (non-hydrogen) atoms. The van der Waals surface area contributed by atoms with Crippen LogP contribution in [0.2, 0.25) is 0 Å². The summed E-state index contributed by atoms with van der Waals surface area (Å²) in [5.74, 6) is -1.66. The summed E-state index contributed by atoms with van der Waals surface area (Å²) in [6.45, 7) is 1.88. The number of aromatic nitrogens is 1. The van der Waals surface area contributed by atoms with Crippen LogP contribution in [0.4, 0.5) is 5.69 Å². The van der Waals surface area contributed by atoms with Crippen molar-refractivity contribution in [2.75, 3.05) is 11.6 Å². The zero-order valence-corrected chi connectivity index (χ0v) is 14.1. The van der Waals surface area contributed by atoms with E-state index in [1.807, 2.05) is 0 Å². The second-order valence-electron chi connectivity index (χ2n) is 5.92. The molecule has 2 amide bonds. The molecule has 1 aromatic carbocycles. The van der Waals surface area contributed by atoms with Gasteiger partial charge in [0.2, 0.25) is 11.8 Å². The largest absolute Gasteiger partial charge is 0.477 e. The monoisotopic (exact) mass is 355 g/mol. The van der Waals surface area contributed by atoms with Crippen molar-refractivity contribution in [1.29, 1.82) is 0 Å². The Morgan fingerprint density at radius 3 is 2.31 bits per heavy atom. The fourth-order valence-electron chi connectivity index (χ4n) is 2.93. The van der Waals surface area contributed by atoms with Gasteiger partial charge >= 0.3 is 5.97 Å². The quantitative estimate of drug-likeness (QED) is 0.866. The molecular weight excluding hydrogens is 338 g/mol. The van der Waals surface area contributed by atoms with E-state index in [9.17, 15) is 19.2 Å². The van der Waals surface area contributed by atoms with Crippen molar-refractivity contribution in [1.82, 2.24) is 9.99 Å². The number of benzene rings is 1. The third kappa shape index (κ3) is 3.21. The number of aromatic amines is 1. The number of amides is 2. The molecule has 0 bridgehead atoms. The SMILES string of the molecule is CC(=O)N(c1ccc(-c2ccc(C(=O)O)c(=O)[nH]2)cc1)N1CCCC1=O. The van der Waals surface area contributed by atoms with Gasteiger partial charge in [-0.05, 0) is 36.2 Å². The molecule has 0 aliphatic carbocycles. The van der Waals surface area contributed by atoms with Crippen molar-refractivity contribution in [3.05, 3.63) is 52.3 Å². The van der Waals surface area contributed by atoms with Crippen LogP contribution in [0.25, 0.3) is 11.3 Å². The molecule has 1 aliphatic rings. The maximum absolute atomic E-state index is 12.0. The highest BCUT2D eigenvalue weighted by Crippen LogP contribution is 2.25. The van der Waals surface area contributed by atoms with E-state index >= 15 is 0 Å². The highest BCUT2D eigenvalue weighted by molar-refractivity contribution is 5.95. The lowest BCUT2D eigenvalue weighted by Crippen LogP contribution is -2.46. The Labute approximate surface area is 148 Å². The topological polar surface area (TPSA) is 111 Å². The highest BCUT2D eigenvalue weighted by Gasteiger charge is 2.29. The van der Waals surface area contributed by atoms with Gasteiger partial charge in [0.15, 0.2) is 0 Å². The van der Waals surface area contributed by atoms with Gasteiger partial charge in [-0.15, -0.1) is 0 Å². The molecule has 0 atom stereocenters. The third-order valence-electron chi connectivity index (χ3n) is 4.15. The average Bonchev–Trinajstić information content (AvgIpc) is 3.01. The Hall–Kier alpha value is -3.42. The molecule has 2 N–H and O–H groups in total. The van der Waals surface area contributed by atoms with E-state index in [1.165, 1.54) is 29.1 Å². The predicted molar refractivity (Wildman–Crippen MR) is 93.6 cm³/mol. The van der Waals surface area contributed by atoms with Crippen molar-refractivity contribution < 1.29 is 19.5 Å². The van der Waals surface area contributed by atoms with E-state index < -0.39 is 11.5 Å². The lowest BCUT2D eigenvalue weighted by molar-refractivity contribution is -0.133. The molecular formula is C18H17N3O5. The summed E-state index contributed by atoms with van der Waals surface area (Å²) in [5, 5.41) is 11.7. The number of hydrogen-bond acceptors (Lipinski definition) is 4. The van der Waals surface area contributed by atoms with Crippen molar-refractivity contribution in [2.24, 2.45) is 0 Å². The van der Waals surface area contributed by atoms with Gasteiger partial charge in [-0.1, -0.05) is 12.1 Å². The van der Waals surface area contributed by atoms with E-state index in [4.69, 9.17) is 5.11 Å². The minimum Gasteiger partial charge on any atom is -0.477 e. The summed E-state index contributed by atoms with van der Waals surface area (Å²) in [4.78, 5) is 49.2. The molecule has 1 saturated heterocycles. The predicted octanol–water partition coefficient (Wildman–Crippen LogP) is 1.63. The zero-order chi connectivity index (χ0) is 18.8. The van der Waals surface area contributed by atoms with Crippen LogP contribution in [0.1, 0.15) is 30.1 Å². The van der Waals surface area contributed by atoms with Gasteiger partial charge in [0.25, 0.3) is 5.56 Å². The number of H-pyrrole nitrogens is 1. The average molecular weight is 355 g/mol. The van der Waals surface area contributed by atoms with Crippen LogP contribution >= 0.6 is 0 Å². The Morgan fingerprint density at radius 2 is 1.81 bits per heavy atom. The van der Waals surface area contributed by atoms with E-state index in [0.29, 0.717) is 36.3 Å². The van der Waals surface area contributed by atoms with E-state index in [2.05, 4.69) is 4.98 Å². The van der Waals surface area contributed by atoms with Crippen LogP contribution in [-0.2, 0) is 9.59 Å². The summed E-state index contributed by atoms with van der Waals surface area (Å²) in [6, 6.07) is 9.48. The summed E-state index contributed by atoms with van der Waals surface area (Å²) < 4.78 is 0. The van der Waals surface area contributed by atoms with Crippen LogP contribution in [0.15, 0.2) is 41.2 Å². The molecule has 134 valence electrons. The van der Waals surface area contributed by atoms with Crippen molar-refractivity contribution >= 4 is 23.5 Å². The van der Waals surface area contributed by atoms with Crippen LogP contribution in [0.3, 0.4) is 0 Å². The maximum Gasteiger partial charge on any atom is 0.341 e. The molecule has 0 unspecified atom stereocenters. The lowest BCUT2D eigenvalue weighted by atomic mass is 10.1. The molecule has 8 nitrogen and oxygen atoms in total. The fourth-order valence-corrected chi connectivity index (χ4v) is 2.93. The Balaban J connectivity index is 1.91. The van der Waals surface area contributed by atoms with Gasteiger partial charge < -0.3 is 10.1 Å². The zero-order valence-electron chi connectivity index (χ0n) is 14.1. The number of carboxylic acid groups (broad SMARTS) is 1. The van der Waals surface area contributed by atoms with E-state index in [1.54, 1.807) is 24.3 Å². The number of pyridine rings is 1. The highest BCUT2D eigenvalue weighted by atomic mass is 16.4. The minimum atomic E-state index is -1.29. The van der Waals surface area contributed by atoms with Crippen molar-refractivity contribution in [2.45, 2.75) is 19.8 Å². The summed E-state index contributed by atoms with van der Waals surface area (Å²) in [6.07, 6.45) is 1.12. The van der Waals surface area contributed by atoms with Gasteiger partial charge in [-0.3, -0.25) is 14.4 Å². The number of hydrogen-bond donors (Lipinski definition) is 2. The Kier molecular flexibility index (Phi) is 4.57. The molecule has 8 heteroatoms. The van der Waals surface area contributed by atoms with Gasteiger partial charge in [0.05, 0.1) is 5.69 Å². The molecule has 1 fully saturated rings. The lowest BCUT2D eigenvalue weighted by Gasteiger charge is -2.30. The Bertz CT molecular complexity index is 933. The van der Waals surface area contributed by atoms with Crippen LogP contribution in [0, 0.1) is 0 Å². The number of carboxylic acids is 1. The molecule has 2 aromatic rings. The van der Waals surface area contributed by atoms with Crippen LogP contribution < -0.4 is 10.6 Å². The van der Waals surface area contributed by atoms with E-state index in [-0.39, 0.29) is 17.4 Å². The second-order valence-corrected chi connectivity index (χ2v) is 5.92. The number of carbonyl (C=O) groups excluding carboxylic acids is 2. The number of hydrazine groups is 1. The third-order valence-corrected chi connectivity index (χ3v) is 4.15. The summed E-state index contributed by atoms with van der Waals surface area (Å²) in [7, 11) is 0. The normalized spacial score (nSPS) is 13.7. The van der Waals surface area contributed by atoms with E-state index in [0.717, 1.165) is 0 Å². The molecule has 3 rings (SSSR count).